The first-order valence-corrected chi connectivity index (χ1v) is 9.03. The Labute approximate surface area is 171 Å². The molecule has 0 aliphatic carbocycles. The smallest absolute Gasteiger partial charge is 0.344 e. The van der Waals surface area contributed by atoms with Crippen molar-refractivity contribution >= 4 is 23.5 Å². The highest BCUT2D eigenvalue weighted by molar-refractivity contribution is 6.08. The molecule has 3 rings (SSSR count). The molecule has 1 atom stereocenters. The van der Waals surface area contributed by atoms with Crippen molar-refractivity contribution in [2.75, 3.05) is 6.61 Å². The first-order valence-electron chi connectivity index (χ1n) is 9.03. The fraction of sp³-hybridized carbons (Fsp3) is 0.250. The summed E-state index contributed by atoms with van der Waals surface area (Å²) < 4.78 is 5.49. The minimum absolute atomic E-state index is 0.145. The molecule has 0 aromatic heterocycles. The number of imide groups is 1. The highest BCUT2D eigenvalue weighted by atomic mass is 16.6. The topological polar surface area (TPSA) is 131 Å². The van der Waals surface area contributed by atoms with Gasteiger partial charge in [-0.05, 0) is 55.7 Å². The Bertz CT molecular complexity index is 1040. The van der Waals surface area contributed by atoms with Crippen LogP contribution in [0.3, 0.4) is 0 Å². The highest BCUT2D eigenvalue weighted by Crippen LogP contribution is 2.29. The number of nitro benzene ring substituents is 1. The summed E-state index contributed by atoms with van der Waals surface area (Å²) in [4.78, 5) is 47.6. The Morgan fingerprint density at radius 1 is 1.20 bits per heavy atom. The Balaban J connectivity index is 1.69. The number of carbonyl (C=O) groups excluding carboxylic acids is 3. The molecule has 1 aliphatic rings. The number of urea groups is 1. The zero-order chi connectivity index (χ0) is 22.1. The van der Waals surface area contributed by atoms with E-state index in [4.69, 9.17) is 4.74 Å². The molecule has 2 N–H and O–H groups in total. The van der Waals surface area contributed by atoms with Crippen LogP contribution in [-0.4, -0.2) is 34.4 Å². The maximum atomic E-state index is 12.8. The largest absolute Gasteiger partial charge is 0.483 e. The van der Waals surface area contributed by atoms with E-state index in [1.165, 1.54) is 31.2 Å². The molecule has 30 heavy (non-hydrogen) atoms. The lowest BCUT2D eigenvalue weighted by Gasteiger charge is -2.22. The lowest BCUT2D eigenvalue weighted by Crippen LogP contribution is -2.49. The summed E-state index contributed by atoms with van der Waals surface area (Å²) in [6.45, 7) is 4.78. The normalized spacial score (nSPS) is 18.2. The minimum Gasteiger partial charge on any atom is -0.483 e. The molecule has 156 valence electrons. The summed E-state index contributed by atoms with van der Waals surface area (Å²) in [5.41, 5.74) is 2.76. The van der Waals surface area contributed by atoms with Crippen molar-refractivity contribution in [2.24, 2.45) is 0 Å². The van der Waals surface area contributed by atoms with Gasteiger partial charge < -0.3 is 10.1 Å². The molecule has 0 bridgehead atoms. The number of rotatable bonds is 6. The maximum Gasteiger partial charge on any atom is 0.344 e. The monoisotopic (exact) mass is 412 g/mol. The molecule has 10 nitrogen and oxygen atoms in total. The first-order chi connectivity index (χ1) is 14.1. The van der Waals surface area contributed by atoms with Gasteiger partial charge in [0.2, 0.25) is 0 Å². The number of carbonyl (C=O) groups is 3. The molecule has 10 heteroatoms. The number of nitrogens with one attached hydrogen (secondary N) is 2. The molecule has 0 radical (unpaired) electrons. The van der Waals surface area contributed by atoms with Crippen molar-refractivity contribution in [2.45, 2.75) is 26.3 Å². The number of nitrogens with zero attached hydrogens (tertiary/aromatic N) is 2. The molecule has 0 saturated carbocycles. The van der Waals surface area contributed by atoms with Gasteiger partial charge >= 0.3 is 6.03 Å². The van der Waals surface area contributed by atoms with E-state index in [9.17, 15) is 24.5 Å². The van der Waals surface area contributed by atoms with Crippen molar-refractivity contribution in [3.05, 3.63) is 69.3 Å². The van der Waals surface area contributed by atoms with E-state index in [1.54, 1.807) is 6.07 Å². The van der Waals surface area contributed by atoms with Crippen molar-refractivity contribution in [1.82, 2.24) is 15.8 Å². The van der Waals surface area contributed by atoms with Crippen LogP contribution in [-0.2, 0) is 15.1 Å². The van der Waals surface area contributed by atoms with Crippen LogP contribution in [0.5, 0.6) is 5.75 Å². The summed E-state index contributed by atoms with van der Waals surface area (Å²) in [5.74, 6) is -0.883. The Kier molecular flexibility index (Phi) is 5.41. The van der Waals surface area contributed by atoms with Crippen LogP contribution < -0.4 is 15.5 Å². The number of non-ortho nitro benzene ring substituents is 1. The zero-order valence-corrected chi connectivity index (χ0v) is 16.6. The van der Waals surface area contributed by atoms with E-state index in [-0.39, 0.29) is 5.69 Å². The van der Waals surface area contributed by atoms with Crippen molar-refractivity contribution in [1.29, 1.82) is 0 Å². The van der Waals surface area contributed by atoms with Crippen LogP contribution in [0.25, 0.3) is 0 Å². The van der Waals surface area contributed by atoms with E-state index < -0.39 is 34.9 Å². The van der Waals surface area contributed by atoms with Gasteiger partial charge in [-0.25, -0.2) is 4.79 Å². The van der Waals surface area contributed by atoms with Crippen LogP contribution in [0.2, 0.25) is 0 Å². The van der Waals surface area contributed by atoms with Gasteiger partial charge in [0.1, 0.15) is 11.3 Å². The molecule has 2 aromatic carbocycles. The molecule has 1 aliphatic heterocycles. The maximum absolute atomic E-state index is 12.8. The summed E-state index contributed by atoms with van der Waals surface area (Å²) in [6.07, 6.45) is 0. The van der Waals surface area contributed by atoms with Crippen molar-refractivity contribution in [3.63, 3.8) is 0 Å². The van der Waals surface area contributed by atoms with E-state index in [0.717, 1.165) is 11.1 Å². The minimum atomic E-state index is -1.48. The lowest BCUT2D eigenvalue weighted by molar-refractivity contribution is -0.384. The fourth-order valence-electron chi connectivity index (χ4n) is 3.02. The number of nitro groups is 1. The van der Waals surface area contributed by atoms with Gasteiger partial charge in [0, 0.05) is 12.1 Å². The average molecular weight is 412 g/mol. The lowest BCUT2D eigenvalue weighted by atomic mass is 9.92. The van der Waals surface area contributed by atoms with Gasteiger partial charge in [0.15, 0.2) is 6.61 Å². The van der Waals surface area contributed by atoms with E-state index >= 15 is 0 Å². The van der Waals surface area contributed by atoms with Gasteiger partial charge in [-0.15, -0.1) is 0 Å². The molecule has 0 unspecified atom stereocenters. The third-order valence-electron chi connectivity index (χ3n) is 4.79. The molecule has 1 fully saturated rings. The third kappa shape index (κ3) is 3.93. The molecule has 2 aromatic rings. The number of ether oxygens (including phenoxy) is 1. The average Bonchev–Trinajstić information content (AvgIpc) is 2.92. The molecular weight excluding hydrogens is 392 g/mol. The summed E-state index contributed by atoms with van der Waals surface area (Å²) in [5, 5.41) is 13.9. The molecule has 0 spiro atoms. The second-order valence-corrected chi connectivity index (χ2v) is 7.09. The number of hydrogen-bond donors (Lipinski definition) is 2. The zero-order valence-electron chi connectivity index (χ0n) is 16.6. The molecular formula is C20H20N4O6. The van der Waals surface area contributed by atoms with Gasteiger partial charge in [0.25, 0.3) is 17.5 Å². The van der Waals surface area contributed by atoms with Crippen LogP contribution >= 0.6 is 0 Å². The SMILES string of the molecule is Cc1ccc(C)c(OCC(=O)NN2C(=O)N[C@](C)(c3ccc([N+](=O)[O-])cc3)C2=O)c1. The quantitative estimate of drug-likeness (QED) is 0.424. The van der Waals surface area contributed by atoms with Crippen LogP contribution in [0.1, 0.15) is 23.6 Å². The second kappa shape index (κ2) is 7.82. The van der Waals surface area contributed by atoms with Gasteiger partial charge in [0.05, 0.1) is 4.92 Å². The van der Waals surface area contributed by atoms with Crippen LogP contribution in [0, 0.1) is 24.0 Å². The fourth-order valence-corrected chi connectivity index (χ4v) is 3.02. The number of benzene rings is 2. The standard InChI is InChI=1S/C20H20N4O6/c1-12-4-5-13(2)16(10-12)30-11-17(25)22-23-18(26)20(3,21-19(23)27)14-6-8-15(9-7-14)24(28)29/h4-10H,11H2,1-3H3,(H,21,27)(H,22,25)/t20-/m1/s1. The number of amides is 4. The van der Waals surface area contributed by atoms with E-state index in [2.05, 4.69) is 10.7 Å². The Morgan fingerprint density at radius 3 is 2.50 bits per heavy atom. The Hall–Kier alpha value is -3.95. The van der Waals surface area contributed by atoms with E-state index in [1.807, 2.05) is 26.0 Å². The predicted octanol–water partition coefficient (Wildman–Crippen LogP) is 2.09. The second-order valence-electron chi connectivity index (χ2n) is 7.09. The number of hydrazine groups is 1. The first kappa shape index (κ1) is 20.8. The van der Waals surface area contributed by atoms with E-state index in [0.29, 0.717) is 16.3 Å². The van der Waals surface area contributed by atoms with Crippen molar-refractivity contribution in [3.8, 4) is 5.75 Å². The molecule has 1 heterocycles. The van der Waals surface area contributed by atoms with Crippen LogP contribution in [0.4, 0.5) is 10.5 Å². The summed E-state index contributed by atoms with van der Waals surface area (Å²) in [7, 11) is 0. The van der Waals surface area contributed by atoms with Gasteiger partial charge in [-0.3, -0.25) is 25.1 Å². The highest BCUT2D eigenvalue weighted by Gasteiger charge is 2.50. The van der Waals surface area contributed by atoms with Crippen molar-refractivity contribution < 1.29 is 24.0 Å². The summed E-state index contributed by atoms with van der Waals surface area (Å²) >= 11 is 0. The summed E-state index contributed by atoms with van der Waals surface area (Å²) in [6, 6.07) is 9.96. The number of aryl methyl sites for hydroxylation is 2. The number of hydrogen-bond acceptors (Lipinski definition) is 6. The van der Waals surface area contributed by atoms with Gasteiger partial charge in [-0.2, -0.15) is 5.01 Å². The van der Waals surface area contributed by atoms with Crippen LogP contribution in [0.15, 0.2) is 42.5 Å². The Morgan fingerprint density at radius 2 is 1.87 bits per heavy atom. The van der Waals surface area contributed by atoms with Gasteiger partial charge in [-0.1, -0.05) is 12.1 Å². The molecule has 1 saturated heterocycles. The molecule has 4 amide bonds. The predicted molar refractivity (Wildman–Crippen MR) is 105 cm³/mol. The third-order valence-corrected chi connectivity index (χ3v) is 4.79.